The monoisotopic (exact) mass is 261 g/mol. The highest BCUT2D eigenvalue weighted by Crippen LogP contribution is 2.27. The SMILES string of the molecule is CC(C)(C)OC(=O)NC1CSCC1CC(=O)O. The fraction of sp³-hybridized carbons (Fsp3) is 0.818. The number of carbonyl (C=O) groups excluding carboxylic acids is 1. The standard InChI is InChI=1S/C11H19NO4S/c1-11(2,3)16-10(15)12-8-6-17-5-7(8)4-9(13)14/h7-8H,4-6H2,1-3H3,(H,12,15)(H,13,14). The summed E-state index contributed by atoms with van der Waals surface area (Å²) in [6.07, 6.45) is -0.381. The Balaban J connectivity index is 2.44. The normalized spacial score (nSPS) is 24.4. The number of ether oxygens (including phenoxy) is 1. The number of aliphatic carboxylic acids is 1. The fourth-order valence-electron chi connectivity index (χ4n) is 1.64. The zero-order chi connectivity index (χ0) is 13.1. The Morgan fingerprint density at radius 1 is 1.41 bits per heavy atom. The molecule has 1 heterocycles. The van der Waals surface area contributed by atoms with Crippen molar-refractivity contribution in [3.05, 3.63) is 0 Å². The lowest BCUT2D eigenvalue weighted by Crippen LogP contribution is -2.43. The first-order chi connectivity index (χ1) is 7.78. The number of carboxylic acid groups (broad SMARTS) is 1. The van der Waals surface area contributed by atoms with Crippen molar-refractivity contribution in [1.82, 2.24) is 5.32 Å². The second-order valence-electron chi connectivity index (χ2n) is 5.15. The molecule has 0 aromatic heterocycles. The number of carbonyl (C=O) groups is 2. The lowest BCUT2D eigenvalue weighted by atomic mass is 10.0. The van der Waals surface area contributed by atoms with E-state index in [0.29, 0.717) is 0 Å². The summed E-state index contributed by atoms with van der Waals surface area (Å²) in [5.74, 6) is 0.683. The van der Waals surface area contributed by atoms with Gasteiger partial charge in [-0.3, -0.25) is 4.79 Å². The predicted octanol–water partition coefficient (Wildman–Crippen LogP) is 1.72. The maximum Gasteiger partial charge on any atom is 0.407 e. The van der Waals surface area contributed by atoms with Gasteiger partial charge in [0.2, 0.25) is 0 Å². The summed E-state index contributed by atoms with van der Waals surface area (Å²) in [7, 11) is 0. The van der Waals surface area contributed by atoms with Crippen LogP contribution in [0.1, 0.15) is 27.2 Å². The molecule has 1 saturated heterocycles. The van der Waals surface area contributed by atoms with E-state index in [1.54, 1.807) is 32.5 Å². The van der Waals surface area contributed by atoms with E-state index in [9.17, 15) is 9.59 Å². The van der Waals surface area contributed by atoms with Crippen molar-refractivity contribution in [3.8, 4) is 0 Å². The van der Waals surface area contributed by atoms with Gasteiger partial charge in [0.05, 0.1) is 6.42 Å². The molecule has 2 unspecified atom stereocenters. The van der Waals surface area contributed by atoms with Gasteiger partial charge >= 0.3 is 12.1 Å². The Morgan fingerprint density at radius 3 is 2.59 bits per heavy atom. The van der Waals surface area contributed by atoms with Crippen LogP contribution in [0.4, 0.5) is 4.79 Å². The number of amides is 1. The van der Waals surface area contributed by atoms with Crippen molar-refractivity contribution < 1.29 is 19.4 Å². The Bertz CT molecular complexity index is 300. The Labute approximate surface area is 105 Å². The van der Waals surface area contributed by atoms with E-state index in [1.165, 1.54) is 0 Å². The number of hydrogen-bond acceptors (Lipinski definition) is 4. The van der Waals surface area contributed by atoms with Gasteiger partial charge in [-0.05, 0) is 32.4 Å². The molecule has 17 heavy (non-hydrogen) atoms. The summed E-state index contributed by atoms with van der Waals surface area (Å²) in [5.41, 5.74) is -0.530. The van der Waals surface area contributed by atoms with Gasteiger partial charge in [-0.25, -0.2) is 4.79 Å². The van der Waals surface area contributed by atoms with Crippen molar-refractivity contribution in [3.63, 3.8) is 0 Å². The van der Waals surface area contributed by atoms with Crippen molar-refractivity contribution >= 4 is 23.8 Å². The van der Waals surface area contributed by atoms with Crippen molar-refractivity contribution in [2.24, 2.45) is 5.92 Å². The lowest BCUT2D eigenvalue weighted by Gasteiger charge is -2.23. The highest BCUT2D eigenvalue weighted by atomic mass is 32.2. The van der Waals surface area contributed by atoms with E-state index in [0.717, 1.165) is 11.5 Å². The number of alkyl carbamates (subject to hydrolysis) is 1. The van der Waals surface area contributed by atoms with E-state index >= 15 is 0 Å². The maximum absolute atomic E-state index is 11.6. The second kappa shape index (κ2) is 5.62. The van der Waals surface area contributed by atoms with E-state index in [-0.39, 0.29) is 18.4 Å². The molecular weight excluding hydrogens is 242 g/mol. The smallest absolute Gasteiger partial charge is 0.407 e. The minimum Gasteiger partial charge on any atom is -0.481 e. The van der Waals surface area contributed by atoms with Crippen LogP contribution < -0.4 is 5.32 Å². The molecule has 5 nitrogen and oxygen atoms in total. The summed E-state index contributed by atoms with van der Waals surface area (Å²) in [6, 6.07) is -0.106. The van der Waals surface area contributed by atoms with E-state index in [2.05, 4.69) is 5.32 Å². The number of carboxylic acids is 1. The minimum absolute atomic E-state index is 0.00924. The van der Waals surface area contributed by atoms with Gasteiger partial charge in [-0.1, -0.05) is 0 Å². The van der Waals surface area contributed by atoms with E-state index in [4.69, 9.17) is 9.84 Å². The van der Waals surface area contributed by atoms with Crippen LogP contribution in [0.5, 0.6) is 0 Å². The predicted molar refractivity (Wildman–Crippen MR) is 66.2 cm³/mol. The third-order valence-electron chi connectivity index (χ3n) is 2.34. The Kier molecular flexibility index (Phi) is 4.68. The van der Waals surface area contributed by atoms with Gasteiger partial charge < -0.3 is 15.2 Å². The first kappa shape index (κ1) is 14.2. The van der Waals surface area contributed by atoms with Crippen LogP contribution in [0.15, 0.2) is 0 Å². The molecule has 0 spiro atoms. The van der Waals surface area contributed by atoms with E-state index < -0.39 is 17.7 Å². The van der Waals surface area contributed by atoms with Crippen LogP contribution in [-0.4, -0.2) is 40.3 Å². The molecule has 1 amide bonds. The molecule has 0 saturated carbocycles. The Morgan fingerprint density at radius 2 is 2.06 bits per heavy atom. The summed E-state index contributed by atoms with van der Waals surface area (Å²) in [6.45, 7) is 5.39. The first-order valence-electron chi connectivity index (χ1n) is 5.57. The highest BCUT2D eigenvalue weighted by molar-refractivity contribution is 7.99. The topological polar surface area (TPSA) is 75.6 Å². The number of nitrogens with one attached hydrogen (secondary N) is 1. The van der Waals surface area contributed by atoms with Gasteiger partial charge in [-0.2, -0.15) is 11.8 Å². The molecule has 0 radical (unpaired) electrons. The third kappa shape index (κ3) is 5.30. The molecule has 1 fully saturated rings. The molecule has 0 bridgehead atoms. The quantitative estimate of drug-likeness (QED) is 0.809. The van der Waals surface area contributed by atoms with Crippen molar-refractivity contribution in [2.75, 3.05) is 11.5 Å². The van der Waals surface area contributed by atoms with Crippen molar-refractivity contribution in [2.45, 2.75) is 38.8 Å². The summed E-state index contributed by atoms with van der Waals surface area (Å²) < 4.78 is 5.15. The first-order valence-corrected chi connectivity index (χ1v) is 6.72. The second-order valence-corrected chi connectivity index (χ2v) is 6.22. The van der Waals surface area contributed by atoms with Gasteiger partial charge in [0.25, 0.3) is 0 Å². The molecule has 1 rings (SSSR count). The fourth-order valence-corrected chi connectivity index (χ4v) is 3.04. The Hall–Kier alpha value is -0.910. The minimum atomic E-state index is -0.825. The van der Waals surface area contributed by atoms with Gasteiger partial charge in [0, 0.05) is 11.8 Å². The molecule has 0 aromatic rings. The average molecular weight is 261 g/mol. The van der Waals surface area contributed by atoms with Crippen LogP contribution in [0.25, 0.3) is 0 Å². The van der Waals surface area contributed by atoms with Gasteiger partial charge in [0.15, 0.2) is 0 Å². The van der Waals surface area contributed by atoms with Crippen molar-refractivity contribution in [1.29, 1.82) is 0 Å². The average Bonchev–Trinajstić information content (AvgIpc) is 2.47. The molecule has 1 aliphatic rings. The lowest BCUT2D eigenvalue weighted by molar-refractivity contribution is -0.138. The molecule has 1 aliphatic heterocycles. The van der Waals surface area contributed by atoms with Crippen LogP contribution in [0, 0.1) is 5.92 Å². The largest absolute Gasteiger partial charge is 0.481 e. The van der Waals surface area contributed by atoms with Gasteiger partial charge in [-0.15, -0.1) is 0 Å². The molecule has 98 valence electrons. The molecule has 0 aliphatic carbocycles. The molecule has 6 heteroatoms. The van der Waals surface area contributed by atoms with Gasteiger partial charge in [0.1, 0.15) is 5.60 Å². The van der Waals surface area contributed by atoms with E-state index in [1.807, 2.05) is 0 Å². The van der Waals surface area contributed by atoms with Crippen LogP contribution in [0.3, 0.4) is 0 Å². The van der Waals surface area contributed by atoms with Crippen LogP contribution in [-0.2, 0) is 9.53 Å². The molecule has 2 atom stereocenters. The van der Waals surface area contributed by atoms with Crippen LogP contribution >= 0.6 is 11.8 Å². The zero-order valence-electron chi connectivity index (χ0n) is 10.4. The summed E-state index contributed by atoms with van der Waals surface area (Å²) in [4.78, 5) is 22.2. The molecule has 0 aromatic carbocycles. The number of hydrogen-bond donors (Lipinski definition) is 2. The number of rotatable bonds is 3. The highest BCUT2D eigenvalue weighted by Gasteiger charge is 2.31. The molecular formula is C11H19NO4S. The van der Waals surface area contributed by atoms with Crippen LogP contribution in [0.2, 0.25) is 0 Å². The third-order valence-corrected chi connectivity index (χ3v) is 3.60. The maximum atomic E-state index is 11.6. The zero-order valence-corrected chi connectivity index (χ0v) is 11.2. The molecule has 2 N–H and O–H groups in total. The summed E-state index contributed by atoms with van der Waals surface area (Å²) in [5, 5.41) is 11.5. The summed E-state index contributed by atoms with van der Waals surface area (Å²) >= 11 is 1.66. The number of thioether (sulfide) groups is 1.